The highest BCUT2D eigenvalue weighted by molar-refractivity contribution is 6.21. The van der Waals surface area contributed by atoms with Crippen LogP contribution in [0.4, 0.5) is 11.4 Å². The molecule has 0 bridgehead atoms. The molecule has 6 nitrogen and oxygen atoms in total. The van der Waals surface area contributed by atoms with Crippen LogP contribution < -0.4 is 10.2 Å². The second-order valence-electron chi connectivity index (χ2n) is 6.99. The van der Waals surface area contributed by atoms with Crippen molar-refractivity contribution >= 4 is 29.1 Å². The van der Waals surface area contributed by atoms with Gasteiger partial charge in [-0.2, -0.15) is 0 Å². The smallest absolute Gasteiger partial charge is 0.261 e. The van der Waals surface area contributed by atoms with Gasteiger partial charge in [0.1, 0.15) is 0 Å². The van der Waals surface area contributed by atoms with E-state index in [9.17, 15) is 14.4 Å². The fourth-order valence-corrected chi connectivity index (χ4v) is 3.23. The molecule has 0 fully saturated rings. The van der Waals surface area contributed by atoms with Gasteiger partial charge in [0.25, 0.3) is 11.8 Å². The second kappa shape index (κ2) is 7.23. The number of anilines is 2. The van der Waals surface area contributed by atoms with E-state index in [1.807, 2.05) is 49.9 Å². The molecule has 1 heterocycles. The van der Waals surface area contributed by atoms with Crippen LogP contribution in [0.15, 0.2) is 42.5 Å². The topological polar surface area (TPSA) is 69.7 Å². The van der Waals surface area contributed by atoms with Crippen molar-refractivity contribution in [1.82, 2.24) is 4.90 Å². The highest BCUT2D eigenvalue weighted by Gasteiger charge is 2.32. The van der Waals surface area contributed by atoms with Crippen molar-refractivity contribution in [1.29, 1.82) is 0 Å². The molecule has 0 unspecified atom stereocenters. The van der Waals surface area contributed by atoms with Crippen LogP contribution in [0.5, 0.6) is 0 Å². The lowest BCUT2D eigenvalue weighted by Crippen LogP contribution is -2.38. The summed E-state index contributed by atoms with van der Waals surface area (Å²) in [5.74, 6) is -0.856. The van der Waals surface area contributed by atoms with E-state index in [1.165, 1.54) is 7.05 Å². The summed E-state index contributed by atoms with van der Waals surface area (Å²) in [4.78, 5) is 39.8. The highest BCUT2D eigenvalue weighted by Crippen LogP contribution is 2.25. The number of hydrogen-bond acceptors (Lipinski definition) is 4. The lowest BCUT2D eigenvalue weighted by atomic mass is 10.1. The number of nitrogens with one attached hydrogen (secondary N) is 1. The molecule has 0 saturated heterocycles. The number of amides is 3. The van der Waals surface area contributed by atoms with Crippen LogP contribution in [-0.2, 0) is 4.79 Å². The lowest BCUT2D eigenvalue weighted by Gasteiger charge is -2.29. The predicted octanol–water partition coefficient (Wildman–Crippen LogP) is 3.07. The monoisotopic (exact) mass is 365 g/mol. The molecular weight excluding hydrogens is 342 g/mol. The Kier molecular flexibility index (Phi) is 4.99. The van der Waals surface area contributed by atoms with Crippen LogP contribution in [0.3, 0.4) is 0 Å². The van der Waals surface area contributed by atoms with Crippen LogP contribution in [0.25, 0.3) is 0 Å². The number of imide groups is 1. The summed E-state index contributed by atoms with van der Waals surface area (Å²) in [5, 5.41) is 2.83. The average Bonchev–Trinajstić information content (AvgIpc) is 2.84. The maximum Gasteiger partial charge on any atom is 0.261 e. The Morgan fingerprint density at radius 2 is 1.74 bits per heavy atom. The van der Waals surface area contributed by atoms with Gasteiger partial charge in [-0.15, -0.1) is 0 Å². The van der Waals surface area contributed by atoms with Crippen molar-refractivity contribution in [3.8, 4) is 0 Å². The molecule has 27 heavy (non-hydrogen) atoms. The first-order chi connectivity index (χ1) is 12.8. The number of hydrogen-bond donors (Lipinski definition) is 1. The minimum atomic E-state index is -0.352. The van der Waals surface area contributed by atoms with E-state index in [1.54, 1.807) is 18.2 Å². The van der Waals surface area contributed by atoms with Crippen molar-refractivity contribution in [2.24, 2.45) is 0 Å². The van der Waals surface area contributed by atoms with Gasteiger partial charge < -0.3 is 10.2 Å². The van der Waals surface area contributed by atoms with Crippen LogP contribution in [-0.4, -0.2) is 42.3 Å². The van der Waals surface area contributed by atoms with Gasteiger partial charge in [0.05, 0.1) is 17.7 Å². The van der Waals surface area contributed by atoms with Crippen molar-refractivity contribution in [2.75, 3.05) is 23.8 Å². The molecule has 3 rings (SSSR count). The Balaban J connectivity index is 1.77. The first-order valence-electron chi connectivity index (χ1n) is 8.88. The minimum absolute atomic E-state index is 0.143. The number of benzene rings is 2. The third kappa shape index (κ3) is 3.56. The Morgan fingerprint density at radius 3 is 2.41 bits per heavy atom. The Hall–Kier alpha value is -3.15. The number of fused-ring (bicyclic) bond motifs is 1. The van der Waals surface area contributed by atoms with E-state index in [4.69, 9.17) is 0 Å². The van der Waals surface area contributed by atoms with Crippen molar-refractivity contribution in [3.05, 3.63) is 59.2 Å². The lowest BCUT2D eigenvalue weighted by molar-refractivity contribution is -0.115. The predicted molar refractivity (Wildman–Crippen MR) is 105 cm³/mol. The summed E-state index contributed by atoms with van der Waals surface area (Å²) in [6, 6.07) is 12.9. The van der Waals surface area contributed by atoms with Gasteiger partial charge in [0.2, 0.25) is 5.91 Å². The highest BCUT2D eigenvalue weighted by atomic mass is 16.2. The van der Waals surface area contributed by atoms with Gasteiger partial charge in [-0.3, -0.25) is 19.3 Å². The summed E-state index contributed by atoms with van der Waals surface area (Å²) < 4.78 is 0. The first-order valence-corrected chi connectivity index (χ1v) is 8.88. The fraction of sp³-hybridized carbons (Fsp3) is 0.286. The zero-order chi connectivity index (χ0) is 19.7. The van der Waals surface area contributed by atoms with E-state index in [0.717, 1.165) is 16.2 Å². The number of aryl methyl sites for hydroxylation is 1. The molecule has 0 spiro atoms. The molecule has 2 aromatic carbocycles. The van der Waals surface area contributed by atoms with Gasteiger partial charge >= 0.3 is 0 Å². The molecule has 0 radical (unpaired) electrons. The van der Waals surface area contributed by atoms with Crippen LogP contribution in [0.1, 0.15) is 40.1 Å². The first kappa shape index (κ1) is 18.6. The molecule has 2 aromatic rings. The Bertz CT molecular complexity index is 921. The standard InChI is InChI=1S/C21H23N3O3/c1-13(2)24(18-8-6-5-7-14(18)3)12-19(25)22-15-9-10-16-17(11-15)21(27)23(4)20(16)26/h5-11,13H,12H2,1-4H3,(H,22,25). The maximum atomic E-state index is 12.6. The van der Waals surface area contributed by atoms with E-state index in [2.05, 4.69) is 5.32 Å². The fourth-order valence-electron chi connectivity index (χ4n) is 3.23. The molecule has 140 valence electrons. The molecule has 0 aromatic heterocycles. The minimum Gasteiger partial charge on any atom is -0.360 e. The maximum absolute atomic E-state index is 12.6. The van der Waals surface area contributed by atoms with Gasteiger partial charge in [-0.05, 0) is 50.6 Å². The molecular formula is C21H23N3O3. The van der Waals surface area contributed by atoms with Gasteiger partial charge in [-0.25, -0.2) is 0 Å². The third-order valence-electron chi connectivity index (χ3n) is 4.74. The largest absolute Gasteiger partial charge is 0.360 e. The van der Waals surface area contributed by atoms with Crippen LogP contribution >= 0.6 is 0 Å². The molecule has 1 aliphatic heterocycles. The van der Waals surface area contributed by atoms with Gasteiger partial charge in [0.15, 0.2) is 0 Å². The average molecular weight is 365 g/mol. The zero-order valence-electron chi connectivity index (χ0n) is 15.9. The number of rotatable bonds is 5. The van der Waals surface area contributed by atoms with Crippen molar-refractivity contribution in [2.45, 2.75) is 26.8 Å². The Labute approximate surface area is 158 Å². The summed E-state index contributed by atoms with van der Waals surface area (Å²) in [5.41, 5.74) is 3.30. The second-order valence-corrected chi connectivity index (χ2v) is 6.99. The summed E-state index contributed by atoms with van der Waals surface area (Å²) in [6.45, 7) is 6.28. The molecule has 3 amide bonds. The number of carbonyl (C=O) groups is 3. The molecule has 0 aliphatic carbocycles. The SMILES string of the molecule is Cc1ccccc1N(CC(=O)Nc1ccc2c(c1)C(=O)N(C)C2=O)C(C)C. The van der Waals surface area contributed by atoms with Crippen molar-refractivity contribution in [3.63, 3.8) is 0 Å². The van der Waals surface area contributed by atoms with Gasteiger partial charge in [0, 0.05) is 24.5 Å². The van der Waals surface area contributed by atoms with Crippen LogP contribution in [0.2, 0.25) is 0 Å². The molecule has 0 saturated carbocycles. The van der Waals surface area contributed by atoms with Crippen LogP contribution in [0, 0.1) is 6.92 Å². The van der Waals surface area contributed by atoms with E-state index >= 15 is 0 Å². The molecule has 1 N–H and O–H groups in total. The Morgan fingerprint density at radius 1 is 1.07 bits per heavy atom. The van der Waals surface area contributed by atoms with E-state index in [-0.39, 0.29) is 30.3 Å². The zero-order valence-corrected chi connectivity index (χ0v) is 15.9. The number of nitrogens with zero attached hydrogens (tertiary/aromatic N) is 2. The molecule has 6 heteroatoms. The molecule has 0 atom stereocenters. The van der Waals surface area contributed by atoms with Gasteiger partial charge in [-0.1, -0.05) is 18.2 Å². The van der Waals surface area contributed by atoms with E-state index in [0.29, 0.717) is 16.8 Å². The number of para-hydroxylation sites is 1. The summed E-state index contributed by atoms with van der Waals surface area (Å²) in [7, 11) is 1.45. The van der Waals surface area contributed by atoms with Crippen molar-refractivity contribution < 1.29 is 14.4 Å². The summed E-state index contributed by atoms with van der Waals surface area (Å²) in [6.07, 6.45) is 0. The molecule has 1 aliphatic rings. The number of carbonyl (C=O) groups excluding carboxylic acids is 3. The quantitative estimate of drug-likeness (QED) is 0.827. The normalized spacial score (nSPS) is 13.1. The third-order valence-corrected chi connectivity index (χ3v) is 4.74. The van der Waals surface area contributed by atoms with E-state index < -0.39 is 0 Å². The summed E-state index contributed by atoms with van der Waals surface area (Å²) >= 11 is 0.